The number of hydrogen-bond acceptors (Lipinski definition) is 2. The van der Waals surface area contributed by atoms with Gasteiger partial charge in [0.05, 0.1) is 17.2 Å². The van der Waals surface area contributed by atoms with Gasteiger partial charge in [-0.3, -0.25) is 0 Å². The fraction of sp³-hybridized carbons (Fsp3) is 0.286. The smallest absolute Gasteiger partial charge is 0.0965 e. The quantitative estimate of drug-likeness (QED) is 0.359. The van der Waals surface area contributed by atoms with Gasteiger partial charge >= 0.3 is 0 Å². The standard InChI is InChI=1S/C7H11N3O/c1-5-7(9-6(2)8)3-4-10(5)11/h3-4,11H,1-2H3,(H2,8,9). The minimum atomic E-state index is 0.485. The lowest BCUT2D eigenvalue weighted by atomic mass is 10.4. The Morgan fingerprint density at radius 3 is 2.73 bits per heavy atom. The van der Waals surface area contributed by atoms with Crippen LogP contribution in [0.1, 0.15) is 12.6 Å². The number of amidine groups is 1. The molecule has 0 bridgehead atoms. The number of rotatable bonds is 1. The van der Waals surface area contributed by atoms with Crippen molar-refractivity contribution in [2.75, 3.05) is 0 Å². The maximum atomic E-state index is 9.06. The lowest BCUT2D eigenvalue weighted by Crippen LogP contribution is -2.03. The molecule has 3 N–H and O–H groups in total. The number of hydrogen-bond donors (Lipinski definition) is 2. The Balaban J connectivity index is 3.06. The minimum Gasteiger partial charge on any atom is -0.429 e. The van der Waals surface area contributed by atoms with Gasteiger partial charge in [0.25, 0.3) is 0 Å². The molecule has 0 aliphatic rings. The molecule has 1 aromatic heterocycles. The van der Waals surface area contributed by atoms with Gasteiger partial charge in [-0.15, -0.1) is 0 Å². The summed E-state index contributed by atoms with van der Waals surface area (Å²) < 4.78 is 1.02. The first-order valence-electron chi connectivity index (χ1n) is 3.29. The second-order valence-corrected chi connectivity index (χ2v) is 2.38. The molecule has 0 aromatic carbocycles. The number of aromatic nitrogens is 1. The van der Waals surface area contributed by atoms with Gasteiger partial charge in [-0.25, -0.2) is 4.99 Å². The third-order valence-corrected chi connectivity index (χ3v) is 1.38. The van der Waals surface area contributed by atoms with Crippen LogP contribution in [0.25, 0.3) is 0 Å². The van der Waals surface area contributed by atoms with Gasteiger partial charge in [0, 0.05) is 6.20 Å². The van der Waals surface area contributed by atoms with Gasteiger partial charge in [-0.2, -0.15) is 4.73 Å². The molecule has 60 valence electrons. The van der Waals surface area contributed by atoms with Gasteiger partial charge in [0.2, 0.25) is 0 Å². The first kappa shape index (κ1) is 7.65. The summed E-state index contributed by atoms with van der Waals surface area (Å²) in [6.07, 6.45) is 1.52. The molecule has 0 aliphatic heterocycles. The molecule has 1 aromatic rings. The van der Waals surface area contributed by atoms with Crippen LogP contribution >= 0.6 is 0 Å². The Morgan fingerprint density at radius 2 is 2.36 bits per heavy atom. The predicted octanol–water partition coefficient (Wildman–Crippen LogP) is 1.04. The summed E-state index contributed by atoms with van der Waals surface area (Å²) in [6.45, 7) is 3.47. The van der Waals surface area contributed by atoms with Crippen molar-refractivity contribution in [3.05, 3.63) is 18.0 Å². The van der Waals surface area contributed by atoms with Crippen molar-refractivity contribution in [3.8, 4) is 0 Å². The molecule has 0 saturated heterocycles. The van der Waals surface area contributed by atoms with Crippen LogP contribution in [0.3, 0.4) is 0 Å². The van der Waals surface area contributed by atoms with Gasteiger partial charge in [0.1, 0.15) is 0 Å². The maximum Gasteiger partial charge on any atom is 0.0965 e. The minimum absolute atomic E-state index is 0.485. The van der Waals surface area contributed by atoms with E-state index in [1.807, 2.05) is 0 Å². The van der Waals surface area contributed by atoms with Crippen LogP contribution in [-0.4, -0.2) is 15.8 Å². The molecule has 0 atom stereocenters. The van der Waals surface area contributed by atoms with E-state index in [9.17, 15) is 0 Å². The van der Waals surface area contributed by atoms with Crippen LogP contribution in [0.4, 0.5) is 5.69 Å². The van der Waals surface area contributed by atoms with E-state index in [4.69, 9.17) is 10.9 Å². The highest BCUT2D eigenvalue weighted by Gasteiger charge is 2.00. The highest BCUT2D eigenvalue weighted by molar-refractivity contribution is 5.80. The Hall–Kier alpha value is -1.45. The normalized spacial score (nSPS) is 12.0. The summed E-state index contributed by atoms with van der Waals surface area (Å²) in [5.74, 6) is 0.485. The first-order chi connectivity index (χ1) is 5.11. The van der Waals surface area contributed by atoms with Crippen molar-refractivity contribution in [3.63, 3.8) is 0 Å². The molecule has 11 heavy (non-hydrogen) atoms. The summed E-state index contributed by atoms with van der Waals surface area (Å²) in [5.41, 5.74) is 6.75. The fourth-order valence-electron chi connectivity index (χ4n) is 0.799. The van der Waals surface area contributed by atoms with Crippen molar-refractivity contribution in [2.45, 2.75) is 13.8 Å². The largest absolute Gasteiger partial charge is 0.429 e. The fourth-order valence-corrected chi connectivity index (χ4v) is 0.799. The van der Waals surface area contributed by atoms with Crippen LogP contribution < -0.4 is 5.73 Å². The zero-order valence-electron chi connectivity index (χ0n) is 6.57. The highest BCUT2D eigenvalue weighted by atomic mass is 16.5. The lowest BCUT2D eigenvalue weighted by molar-refractivity contribution is 0.181. The predicted molar refractivity (Wildman–Crippen MR) is 43.3 cm³/mol. The molecule has 0 unspecified atom stereocenters. The summed E-state index contributed by atoms with van der Waals surface area (Å²) in [6, 6.07) is 1.70. The van der Waals surface area contributed by atoms with E-state index in [0.29, 0.717) is 17.2 Å². The molecule has 1 heterocycles. The van der Waals surface area contributed by atoms with Crippen LogP contribution in [-0.2, 0) is 0 Å². The molecule has 0 saturated carbocycles. The number of aliphatic imine (C=N–C) groups is 1. The molecule has 0 aliphatic carbocycles. The van der Waals surface area contributed by atoms with Crippen molar-refractivity contribution in [1.82, 2.24) is 4.73 Å². The highest BCUT2D eigenvalue weighted by Crippen LogP contribution is 2.17. The van der Waals surface area contributed by atoms with E-state index in [1.165, 1.54) is 6.20 Å². The lowest BCUT2D eigenvalue weighted by Gasteiger charge is -1.94. The maximum absolute atomic E-state index is 9.06. The molecule has 0 spiro atoms. The Bertz CT molecular complexity index is 284. The van der Waals surface area contributed by atoms with E-state index >= 15 is 0 Å². The van der Waals surface area contributed by atoms with Gasteiger partial charge < -0.3 is 10.9 Å². The van der Waals surface area contributed by atoms with E-state index in [2.05, 4.69) is 4.99 Å². The molecule has 4 heteroatoms. The zero-order valence-corrected chi connectivity index (χ0v) is 6.57. The molecule has 1 rings (SSSR count). The zero-order chi connectivity index (χ0) is 8.43. The monoisotopic (exact) mass is 153 g/mol. The average Bonchev–Trinajstić information content (AvgIpc) is 2.18. The summed E-state index contributed by atoms with van der Waals surface area (Å²) in [7, 11) is 0. The van der Waals surface area contributed by atoms with E-state index in [1.54, 1.807) is 19.9 Å². The third-order valence-electron chi connectivity index (χ3n) is 1.38. The summed E-state index contributed by atoms with van der Waals surface area (Å²) in [4.78, 5) is 3.99. The van der Waals surface area contributed by atoms with E-state index < -0.39 is 0 Å². The second-order valence-electron chi connectivity index (χ2n) is 2.38. The summed E-state index contributed by atoms with van der Waals surface area (Å²) >= 11 is 0. The van der Waals surface area contributed by atoms with Gasteiger partial charge in [-0.05, 0) is 19.9 Å². The molecule has 0 amide bonds. The van der Waals surface area contributed by atoms with Crippen LogP contribution in [0, 0.1) is 6.92 Å². The second kappa shape index (κ2) is 2.65. The Labute approximate surface area is 64.9 Å². The van der Waals surface area contributed by atoms with Gasteiger partial charge in [0.15, 0.2) is 0 Å². The molecular formula is C7H11N3O. The topological polar surface area (TPSA) is 63.5 Å². The van der Waals surface area contributed by atoms with E-state index in [-0.39, 0.29) is 0 Å². The van der Waals surface area contributed by atoms with Crippen LogP contribution in [0.5, 0.6) is 0 Å². The Kier molecular flexibility index (Phi) is 1.85. The van der Waals surface area contributed by atoms with E-state index in [0.717, 1.165) is 4.73 Å². The van der Waals surface area contributed by atoms with Crippen molar-refractivity contribution in [1.29, 1.82) is 0 Å². The molecule has 0 fully saturated rings. The molecule has 0 radical (unpaired) electrons. The van der Waals surface area contributed by atoms with Crippen molar-refractivity contribution < 1.29 is 5.21 Å². The number of nitrogens with two attached hydrogens (primary N) is 1. The van der Waals surface area contributed by atoms with Gasteiger partial charge in [-0.1, -0.05) is 0 Å². The first-order valence-corrected chi connectivity index (χ1v) is 3.29. The third kappa shape index (κ3) is 1.52. The SMILES string of the molecule is CC(N)=Nc1ccn(O)c1C. The van der Waals surface area contributed by atoms with Crippen molar-refractivity contribution >= 4 is 11.5 Å². The van der Waals surface area contributed by atoms with Crippen LogP contribution in [0.2, 0.25) is 0 Å². The Morgan fingerprint density at radius 1 is 1.73 bits per heavy atom. The molecule has 4 nitrogen and oxygen atoms in total. The average molecular weight is 153 g/mol. The molecular weight excluding hydrogens is 142 g/mol. The number of nitrogens with zero attached hydrogens (tertiary/aromatic N) is 2. The summed E-state index contributed by atoms with van der Waals surface area (Å²) in [5, 5.41) is 9.06. The van der Waals surface area contributed by atoms with Crippen LogP contribution in [0.15, 0.2) is 17.3 Å². The van der Waals surface area contributed by atoms with Crippen molar-refractivity contribution in [2.24, 2.45) is 10.7 Å².